The van der Waals surface area contributed by atoms with Gasteiger partial charge in [-0.1, -0.05) is 45.6 Å². The van der Waals surface area contributed by atoms with E-state index in [-0.39, 0.29) is 5.83 Å². The fourth-order valence-electron chi connectivity index (χ4n) is 1.66. The summed E-state index contributed by atoms with van der Waals surface area (Å²) in [4.78, 5) is 14.8. The highest BCUT2D eigenvalue weighted by atomic mass is 19.1. The van der Waals surface area contributed by atoms with E-state index in [1.807, 2.05) is 27.7 Å². The van der Waals surface area contributed by atoms with Crippen molar-refractivity contribution < 1.29 is 9.13 Å². The van der Waals surface area contributed by atoms with Crippen molar-refractivity contribution >= 4 is 11.4 Å². The molecule has 0 atom stereocenters. The molecule has 162 valence electrons. The summed E-state index contributed by atoms with van der Waals surface area (Å²) in [5, 5.41) is 0. The number of methoxy groups -OCH3 is 1. The van der Waals surface area contributed by atoms with Gasteiger partial charge in [-0.2, -0.15) is 4.98 Å². The maximum atomic E-state index is 13.0. The Morgan fingerprint density at radius 2 is 1.79 bits per heavy atom. The van der Waals surface area contributed by atoms with Gasteiger partial charge < -0.3 is 9.64 Å². The number of aliphatic imine (C=N–C) groups is 1. The molecule has 0 N–H and O–H groups in total. The fraction of sp³-hybridized carbons (Fsp3) is 0.435. The Bertz CT molecular complexity index is 707. The first-order chi connectivity index (χ1) is 13.8. The molecule has 1 heterocycles. The third-order valence-electron chi connectivity index (χ3n) is 3.47. The molecule has 0 fully saturated rings. The Labute approximate surface area is 176 Å². The van der Waals surface area contributed by atoms with E-state index in [4.69, 9.17) is 4.74 Å². The molecule has 29 heavy (non-hydrogen) atoms. The third kappa shape index (κ3) is 13.2. The number of halogens is 1. The molecule has 0 aliphatic rings. The summed E-state index contributed by atoms with van der Waals surface area (Å²) in [6, 6.07) is 0. The second kappa shape index (κ2) is 17.5. The highest BCUT2D eigenvalue weighted by Gasteiger charge is 2.08. The lowest BCUT2D eigenvalue weighted by molar-refractivity contribution is 0.398. The Kier molecular flexibility index (Phi) is 17.3. The van der Waals surface area contributed by atoms with Gasteiger partial charge in [0.25, 0.3) is 0 Å². The summed E-state index contributed by atoms with van der Waals surface area (Å²) in [7, 11) is 5.64. The average Bonchev–Trinajstić information content (AvgIpc) is 2.74. The number of aromatic nitrogens is 2. The molecule has 0 aliphatic carbocycles. The first-order valence-corrected chi connectivity index (χ1v) is 9.64. The molecule has 6 heteroatoms. The summed E-state index contributed by atoms with van der Waals surface area (Å²) in [5.41, 5.74) is 2.94. The number of nitrogens with zero attached hydrogens (tertiary/aromatic N) is 4. The maximum Gasteiger partial charge on any atom is 0.243 e. The van der Waals surface area contributed by atoms with Crippen molar-refractivity contribution in [3.63, 3.8) is 0 Å². The van der Waals surface area contributed by atoms with E-state index in [1.54, 1.807) is 12.2 Å². The molecule has 0 aromatic carbocycles. The standard InChI is InChI=1S/C17H20FN3O.C4H11N.C2H6/c1-6-14(18)9-8-12(3)10-15(7-2)21-16-13(4)19-11-20-17(16)22-5;1-4-5(2)3;1-2/h6-9,11H,1-2,10H2,3-5H3;4H2,1-3H3;1-2H3/b12-8+,14-9+,21-15?;;. The average molecular weight is 405 g/mol. The Balaban J connectivity index is 0. The van der Waals surface area contributed by atoms with Crippen molar-refractivity contribution in [1.29, 1.82) is 0 Å². The molecule has 0 bridgehead atoms. The van der Waals surface area contributed by atoms with Gasteiger partial charge in [-0.05, 0) is 52.7 Å². The van der Waals surface area contributed by atoms with E-state index in [9.17, 15) is 4.39 Å². The fourth-order valence-corrected chi connectivity index (χ4v) is 1.66. The lowest BCUT2D eigenvalue weighted by Gasteiger charge is -2.07. The number of hydrogen-bond acceptors (Lipinski definition) is 5. The van der Waals surface area contributed by atoms with Crippen molar-refractivity contribution in [3.05, 3.63) is 60.9 Å². The molecule has 1 aromatic rings. The Morgan fingerprint density at radius 1 is 1.21 bits per heavy atom. The van der Waals surface area contributed by atoms with Gasteiger partial charge >= 0.3 is 0 Å². The van der Waals surface area contributed by atoms with E-state index in [0.29, 0.717) is 23.7 Å². The summed E-state index contributed by atoms with van der Waals surface area (Å²) in [5.74, 6) is 0.0245. The van der Waals surface area contributed by atoms with E-state index in [2.05, 4.69) is 54.0 Å². The van der Waals surface area contributed by atoms with Crippen molar-refractivity contribution in [2.45, 2.75) is 41.0 Å². The summed E-state index contributed by atoms with van der Waals surface area (Å²) in [6.07, 6.45) is 7.80. The molecule has 1 rings (SSSR count). The van der Waals surface area contributed by atoms with Crippen LogP contribution in [0.15, 0.2) is 60.2 Å². The molecule has 5 nitrogen and oxygen atoms in total. The molecular formula is C23H37FN4O. The van der Waals surface area contributed by atoms with Crippen LogP contribution in [0, 0.1) is 6.92 Å². The van der Waals surface area contributed by atoms with Gasteiger partial charge in [0, 0.05) is 12.1 Å². The smallest absolute Gasteiger partial charge is 0.243 e. The van der Waals surface area contributed by atoms with Crippen LogP contribution in [-0.2, 0) is 0 Å². The van der Waals surface area contributed by atoms with E-state index >= 15 is 0 Å². The monoisotopic (exact) mass is 404 g/mol. The molecule has 0 spiro atoms. The molecule has 1 aromatic heterocycles. The maximum absolute atomic E-state index is 13.0. The SMILES string of the molecule is C=CC(C/C(C)=C/C=C(/F)C=C)=Nc1c(C)ncnc1OC.CC.CCN(C)C. The summed E-state index contributed by atoms with van der Waals surface area (Å²) >= 11 is 0. The molecule has 0 saturated heterocycles. The highest BCUT2D eigenvalue weighted by molar-refractivity contribution is 5.98. The van der Waals surface area contributed by atoms with Gasteiger partial charge in [0.05, 0.1) is 12.8 Å². The molecule has 0 amide bonds. The van der Waals surface area contributed by atoms with Crippen LogP contribution in [0.2, 0.25) is 0 Å². The van der Waals surface area contributed by atoms with Gasteiger partial charge in [0.15, 0.2) is 0 Å². The first kappa shape index (κ1) is 28.6. The van der Waals surface area contributed by atoms with Crippen molar-refractivity contribution in [2.75, 3.05) is 27.7 Å². The lowest BCUT2D eigenvalue weighted by Crippen LogP contribution is -2.08. The van der Waals surface area contributed by atoms with Crippen LogP contribution >= 0.6 is 0 Å². The van der Waals surface area contributed by atoms with Crippen LogP contribution < -0.4 is 4.74 Å². The number of allylic oxidation sites excluding steroid dienone is 6. The minimum Gasteiger partial charge on any atom is -0.479 e. The van der Waals surface area contributed by atoms with Crippen molar-refractivity contribution in [1.82, 2.24) is 14.9 Å². The number of hydrogen-bond donors (Lipinski definition) is 0. The molecule has 0 unspecified atom stereocenters. The zero-order chi connectivity index (χ0) is 22.8. The topological polar surface area (TPSA) is 50.6 Å². The second-order valence-corrected chi connectivity index (χ2v) is 5.97. The molecule has 0 saturated carbocycles. The predicted octanol–water partition coefficient (Wildman–Crippen LogP) is 6.02. The minimum absolute atomic E-state index is 0.384. The molecule has 0 aliphatic heterocycles. The minimum atomic E-state index is -0.384. The van der Waals surface area contributed by atoms with Gasteiger partial charge in [-0.15, -0.1) is 0 Å². The Morgan fingerprint density at radius 3 is 2.24 bits per heavy atom. The quantitative estimate of drug-likeness (QED) is 0.392. The second-order valence-electron chi connectivity index (χ2n) is 5.97. The molecule has 0 radical (unpaired) electrons. The number of aryl methyl sites for hydroxylation is 1. The van der Waals surface area contributed by atoms with Gasteiger partial charge in [0.1, 0.15) is 17.8 Å². The van der Waals surface area contributed by atoms with E-state index in [1.165, 1.54) is 19.5 Å². The largest absolute Gasteiger partial charge is 0.479 e. The van der Waals surface area contributed by atoms with Crippen LogP contribution in [-0.4, -0.2) is 48.3 Å². The number of rotatable bonds is 8. The van der Waals surface area contributed by atoms with Crippen LogP contribution in [0.25, 0.3) is 0 Å². The van der Waals surface area contributed by atoms with Crippen LogP contribution in [0.1, 0.15) is 39.8 Å². The van der Waals surface area contributed by atoms with Gasteiger partial charge in [-0.3, -0.25) is 0 Å². The number of ether oxygens (including phenoxy) is 1. The van der Waals surface area contributed by atoms with Crippen LogP contribution in [0.4, 0.5) is 10.1 Å². The van der Waals surface area contributed by atoms with Gasteiger partial charge in [0.2, 0.25) is 5.88 Å². The van der Waals surface area contributed by atoms with Crippen molar-refractivity contribution in [3.8, 4) is 5.88 Å². The zero-order valence-corrected chi connectivity index (χ0v) is 19.3. The third-order valence-corrected chi connectivity index (χ3v) is 3.47. The normalized spacial score (nSPS) is 11.7. The van der Waals surface area contributed by atoms with E-state index in [0.717, 1.165) is 23.9 Å². The first-order valence-electron chi connectivity index (χ1n) is 9.64. The van der Waals surface area contributed by atoms with Crippen LogP contribution in [0.5, 0.6) is 5.88 Å². The Hall–Kier alpha value is -2.60. The molecular weight excluding hydrogens is 367 g/mol. The van der Waals surface area contributed by atoms with Crippen LogP contribution in [0.3, 0.4) is 0 Å². The summed E-state index contributed by atoms with van der Waals surface area (Å²) < 4.78 is 18.2. The van der Waals surface area contributed by atoms with E-state index < -0.39 is 0 Å². The highest BCUT2D eigenvalue weighted by Crippen LogP contribution is 2.27. The predicted molar refractivity (Wildman–Crippen MR) is 124 cm³/mol. The summed E-state index contributed by atoms with van der Waals surface area (Å²) in [6.45, 7) is 18.1. The zero-order valence-electron chi connectivity index (χ0n) is 19.3. The van der Waals surface area contributed by atoms with Gasteiger partial charge in [-0.25, -0.2) is 14.4 Å². The van der Waals surface area contributed by atoms with Crippen molar-refractivity contribution in [2.24, 2.45) is 4.99 Å². The lowest BCUT2D eigenvalue weighted by atomic mass is 10.1.